The number of benzene rings is 2. The summed E-state index contributed by atoms with van der Waals surface area (Å²) >= 11 is 0. The molecule has 0 aliphatic rings. The van der Waals surface area contributed by atoms with Gasteiger partial charge in [-0.2, -0.15) is 0 Å². The van der Waals surface area contributed by atoms with Crippen molar-refractivity contribution in [2.75, 3.05) is 7.11 Å². The largest absolute Gasteiger partial charge is 0.497 e. The Labute approximate surface area is 119 Å². The number of allylic oxidation sites excluding steroid dienone is 1. The Balaban J connectivity index is 2.32. The lowest BCUT2D eigenvalue weighted by Crippen LogP contribution is -2.00. The van der Waals surface area contributed by atoms with Gasteiger partial charge < -0.3 is 4.74 Å². The van der Waals surface area contributed by atoms with Crippen molar-refractivity contribution in [3.05, 3.63) is 77.9 Å². The molecule has 20 heavy (non-hydrogen) atoms. The maximum atomic E-state index is 10.7. The fourth-order valence-electron chi connectivity index (χ4n) is 2.27. The summed E-state index contributed by atoms with van der Waals surface area (Å²) in [6.07, 6.45) is 3.63. The highest BCUT2D eigenvalue weighted by Gasteiger charge is 2.12. The second-order valence-electron chi connectivity index (χ2n) is 4.63. The Morgan fingerprint density at radius 1 is 1.05 bits per heavy atom. The quantitative estimate of drug-likeness (QED) is 0.578. The van der Waals surface area contributed by atoms with Crippen LogP contribution < -0.4 is 4.74 Å². The first-order chi connectivity index (χ1) is 9.78. The summed E-state index contributed by atoms with van der Waals surface area (Å²) in [7, 11) is 1.66. The van der Waals surface area contributed by atoms with Gasteiger partial charge in [-0.05, 0) is 29.7 Å². The molecule has 2 heteroatoms. The van der Waals surface area contributed by atoms with Crippen LogP contribution in [-0.4, -0.2) is 13.4 Å². The van der Waals surface area contributed by atoms with Crippen LogP contribution in [0.2, 0.25) is 0 Å². The van der Waals surface area contributed by atoms with Crippen LogP contribution in [0.1, 0.15) is 33.8 Å². The van der Waals surface area contributed by atoms with Gasteiger partial charge >= 0.3 is 0 Å². The van der Waals surface area contributed by atoms with E-state index in [1.807, 2.05) is 42.5 Å². The molecule has 0 saturated heterocycles. The van der Waals surface area contributed by atoms with Gasteiger partial charge in [-0.25, -0.2) is 0 Å². The third-order valence-corrected chi connectivity index (χ3v) is 3.40. The third-order valence-electron chi connectivity index (χ3n) is 3.40. The van der Waals surface area contributed by atoms with E-state index in [1.165, 1.54) is 11.1 Å². The first kappa shape index (κ1) is 14.1. The summed E-state index contributed by atoms with van der Waals surface area (Å²) in [5.74, 6) is 1.10. The highest BCUT2D eigenvalue weighted by Crippen LogP contribution is 2.29. The van der Waals surface area contributed by atoms with Gasteiger partial charge in [0.1, 0.15) is 12.0 Å². The van der Waals surface area contributed by atoms with Crippen LogP contribution >= 0.6 is 0 Å². The molecule has 102 valence electrons. The summed E-state index contributed by atoms with van der Waals surface area (Å²) < 4.78 is 5.19. The average molecular weight is 266 g/mol. The van der Waals surface area contributed by atoms with Gasteiger partial charge in [-0.15, -0.1) is 6.58 Å². The normalized spacial score (nSPS) is 11.7. The van der Waals surface area contributed by atoms with E-state index in [0.717, 1.165) is 18.5 Å². The topological polar surface area (TPSA) is 26.3 Å². The van der Waals surface area contributed by atoms with E-state index in [2.05, 4.69) is 18.7 Å². The molecular weight excluding hydrogens is 248 g/mol. The predicted octanol–water partition coefficient (Wildman–Crippen LogP) is 4.22. The van der Waals surface area contributed by atoms with Crippen LogP contribution in [-0.2, 0) is 0 Å². The van der Waals surface area contributed by atoms with Crippen molar-refractivity contribution in [2.45, 2.75) is 12.3 Å². The van der Waals surface area contributed by atoms with Crippen LogP contribution in [0.25, 0.3) is 0 Å². The SMILES string of the molecule is C=CCC(c1ccc(C=O)cc1)c1ccc(OC)cc1. The smallest absolute Gasteiger partial charge is 0.150 e. The van der Waals surface area contributed by atoms with Crippen molar-refractivity contribution in [2.24, 2.45) is 0 Å². The standard InChI is InChI=1S/C18H18O2/c1-3-4-18(15-7-5-14(13-19)6-8-15)16-9-11-17(20-2)12-10-16/h3,5-13,18H,1,4H2,2H3. The molecule has 0 saturated carbocycles. The van der Waals surface area contributed by atoms with Crippen LogP contribution in [0.3, 0.4) is 0 Å². The lowest BCUT2D eigenvalue weighted by molar-refractivity contribution is 0.112. The summed E-state index contributed by atoms with van der Waals surface area (Å²) in [4.78, 5) is 10.7. The molecule has 2 nitrogen and oxygen atoms in total. The number of rotatable bonds is 6. The highest BCUT2D eigenvalue weighted by molar-refractivity contribution is 5.74. The lowest BCUT2D eigenvalue weighted by Gasteiger charge is -2.17. The minimum atomic E-state index is 0.249. The van der Waals surface area contributed by atoms with Crippen molar-refractivity contribution < 1.29 is 9.53 Å². The highest BCUT2D eigenvalue weighted by atomic mass is 16.5. The molecule has 0 amide bonds. The number of carbonyl (C=O) groups excluding carboxylic acids is 1. The van der Waals surface area contributed by atoms with Crippen molar-refractivity contribution in [1.29, 1.82) is 0 Å². The van der Waals surface area contributed by atoms with E-state index in [9.17, 15) is 4.79 Å². The van der Waals surface area contributed by atoms with E-state index in [-0.39, 0.29) is 5.92 Å². The second kappa shape index (κ2) is 6.71. The molecule has 1 unspecified atom stereocenters. The zero-order valence-electron chi connectivity index (χ0n) is 11.6. The maximum Gasteiger partial charge on any atom is 0.150 e. The van der Waals surface area contributed by atoms with Gasteiger partial charge in [-0.1, -0.05) is 42.5 Å². The van der Waals surface area contributed by atoms with Crippen LogP contribution in [0.15, 0.2) is 61.2 Å². The molecule has 0 aliphatic carbocycles. The number of aldehydes is 1. The second-order valence-corrected chi connectivity index (χ2v) is 4.63. The zero-order chi connectivity index (χ0) is 14.4. The minimum absolute atomic E-state index is 0.249. The molecule has 2 aromatic carbocycles. The molecule has 0 fully saturated rings. The van der Waals surface area contributed by atoms with E-state index in [4.69, 9.17) is 4.74 Å². The van der Waals surface area contributed by atoms with E-state index in [1.54, 1.807) is 7.11 Å². The Morgan fingerprint density at radius 3 is 2.05 bits per heavy atom. The fourth-order valence-corrected chi connectivity index (χ4v) is 2.27. The van der Waals surface area contributed by atoms with Gasteiger partial charge in [0.05, 0.1) is 7.11 Å². The Bertz CT molecular complexity index is 567. The number of methoxy groups -OCH3 is 1. The fraction of sp³-hybridized carbons (Fsp3) is 0.167. The average Bonchev–Trinajstić information content (AvgIpc) is 2.53. The first-order valence-electron chi connectivity index (χ1n) is 6.58. The maximum absolute atomic E-state index is 10.7. The zero-order valence-corrected chi connectivity index (χ0v) is 11.6. The molecule has 0 N–H and O–H groups in total. The Hall–Kier alpha value is -2.35. The van der Waals surface area contributed by atoms with Crippen LogP contribution in [0.5, 0.6) is 5.75 Å². The van der Waals surface area contributed by atoms with E-state index >= 15 is 0 Å². The van der Waals surface area contributed by atoms with Gasteiger partial charge in [-0.3, -0.25) is 4.79 Å². The van der Waals surface area contributed by atoms with Crippen molar-refractivity contribution in [3.63, 3.8) is 0 Å². The van der Waals surface area contributed by atoms with Gasteiger partial charge in [0, 0.05) is 11.5 Å². The monoisotopic (exact) mass is 266 g/mol. The molecule has 2 rings (SSSR count). The molecule has 0 bridgehead atoms. The Morgan fingerprint density at radius 2 is 1.60 bits per heavy atom. The van der Waals surface area contributed by atoms with Gasteiger partial charge in [0.25, 0.3) is 0 Å². The summed E-state index contributed by atoms with van der Waals surface area (Å²) in [5, 5.41) is 0. The summed E-state index contributed by atoms with van der Waals surface area (Å²) in [6, 6.07) is 15.8. The molecule has 0 spiro atoms. The van der Waals surface area contributed by atoms with Crippen LogP contribution in [0.4, 0.5) is 0 Å². The van der Waals surface area contributed by atoms with Crippen molar-refractivity contribution in [3.8, 4) is 5.75 Å². The number of carbonyl (C=O) groups is 1. The number of ether oxygens (including phenoxy) is 1. The van der Waals surface area contributed by atoms with Gasteiger partial charge in [0.2, 0.25) is 0 Å². The van der Waals surface area contributed by atoms with E-state index < -0.39 is 0 Å². The number of hydrogen-bond donors (Lipinski definition) is 0. The van der Waals surface area contributed by atoms with Crippen LogP contribution in [0, 0.1) is 0 Å². The molecule has 0 aromatic heterocycles. The minimum Gasteiger partial charge on any atom is -0.497 e. The summed E-state index contributed by atoms with van der Waals surface area (Å²) in [6.45, 7) is 3.84. The molecular formula is C18H18O2. The van der Waals surface area contributed by atoms with Crippen molar-refractivity contribution >= 4 is 6.29 Å². The van der Waals surface area contributed by atoms with Gasteiger partial charge in [0.15, 0.2) is 0 Å². The summed E-state index contributed by atoms with van der Waals surface area (Å²) in [5.41, 5.74) is 3.09. The predicted molar refractivity (Wildman–Crippen MR) is 81.5 cm³/mol. The van der Waals surface area contributed by atoms with Crippen molar-refractivity contribution in [1.82, 2.24) is 0 Å². The third kappa shape index (κ3) is 3.15. The molecule has 1 atom stereocenters. The molecule has 0 radical (unpaired) electrons. The molecule has 2 aromatic rings. The molecule has 0 heterocycles. The van der Waals surface area contributed by atoms with E-state index in [0.29, 0.717) is 5.56 Å². The Kier molecular flexibility index (Phi) is 4.72. The first-order valence-corrected chi connectivity index (χ1v) is 6.58. The lowest BCUT2D eigenvalue weighted by atomic mass is 9.88. The molecule has 0 aliphatic heterocycles. The number of hydrogen-bond acceptors (Lipinski definition) is 2.